The molecule has 2 aromatic rings. The summed E-state index contributed by atoms with van der Waals surface area (Å²) in [5, 5.41) is 1.62. The van der Waals surface area contributed by atoms with Crippen molar-refractivity contribution in [2.75, 3.05) is 6.54 Å². The second kappa shape index (κ2) is 8.15. The number of carbonyl (C=O) groups excluding carboxylic acids is 1. The largest absolute Gasteiger partial charge is 0.352 e. The van der Waals surface area contributed by atoms with Crippen molar-refractivity contribution in [2.45, 2.75) is 20.8 Å². The quantitative estimate of drug-likeness (QED) is 0.417. The molecule has 130 valence electrons. The van der Waals surface area contributed by atoms with Crippen molar-refractivity contribution in [1.29, 1.82) is 0 Å². The summed E-state index contributed by atoms with van der Waals surface area (Å²) in [5.74, 6) is -0.0561. The normalized spacial score (nSPS) is 12.4. The second-order valence-corrected chi connectivity index (χ2v) is 6.47. The zero-order valence-corrected chi connectivity index (χ0v) is 15.6. The Hall–Kier alpha value is -2.36. The third-order valence-corrected chi connectivity index (χ3v) is 4.53. The lowest BCUT2D eigenvalue weighted by atomic mass is 10.0. The molecule has 0 spiro atoms. The van der Waals surface area contributed by atoms with Gasteiger partial charge in [-0.1, -0.05) is 48.0 Å². The van der Waals surface area contributed by atoms with Gasteiger partial charge in [0.25, 0.3) is 0 Å². The average Bonchev–Trinajstić information content (AvgIpc) is 3.02. The number of aromatic nitrogens is 1. The third-order valence-electron chi connectivity index (χ3n) is 4.12. The van der Waals surface area contributed by atoms with E-state index in [4.69, 9.17) is 17.3 Å². The summed E-state index contributed by atoms with van der Waals surface area (Å²) in [5.41, 5.74) is 10.7. The first-order valence-electron chi connectivity index (χ1n) is 8.08. The van der Waals surface area contributed by atoms with Crippen molar-refractivity contribution >= 4 is 33.9 Å². The molecule has 0 aliphatic heterocycles. The molecule has 0 fully saturated rings. The van der Waals surface area contributed by atoms with Gasteiger partial charge < -0.3 is 10.7 Å². The number of H-pyrrole nitrogens is 1. The number of fused-ring (bicyclic) bond motifs is 1. The number of halogens is 1. The molecule has 0 atom stereocenters. The van der Waals surface area contributed by atoms with Gasteiger partial charge in [0.2, 0.25) is 5.78 Å². The maximum atomic E-state index is 12.6. The maximum absolute atomic E-state index is 12.6. The smallest absolute Gasteiger partial charge is 0.206 e. The molecule has 0 aliphatic carbocycles. The van der Waals surface area contributed by atoms with E-state index in [1.807, 2.05) is 45.0 Å². The molecule has 1 aromatic heterocycles. The minimum Gasteiger partial charge on any atom is -0.352 e. The number of Topliss-reactive ketones (excluding diaryl/α,β-unsaturated/α-hetero) is 1. The van der Waals surface area contributed by atoms with E-state index in [1.165, 1.54) is 0 Å². The monoisotopic (exact) mass is 354 g/mol. The van der Waals surface area contributed by atoms with Crippen molar-refractivity contribution in [2.24, 2.45) is 5.73 Å². The first kappa shape index (κ1) is 19.0. The van der Waals surface area contributed by atoms with E-state index in [0.29, 0.717) is 16.3 Å². The first-order chi connectivity index (χ1) is 11.9. The Labute approximate surface area is 153 Å². The van der Waals surface area contributed by atoms with Crippen LogP contribution in [0.1, 0.15) is 36.8 Å². The highest BCUT2D eigenvalue weighted by Gasteiger charge is 2.15. The molecule has 25 heavy (non-hydrogen) atoms. The Morgan fingerprint density at radius 3 is 2.60 bits per heavy atom. The van der Waals surface area contributed by atoms with Gasteiger partial charge in [-0.15, -0.1) is 0 Å². The molecule has 0 saturated carbocycles. The van der Waals surface area contributed by atoms with Gasteiger partial charge in [0.1, 0.15) is 0 Å². The van der Waals surface area contributed by atoms with Crippen molar-refractivity contribution < 1.29 is 4.79 Å². The molecule has 0 unspecified atom stereocenters. The Morgan fingerprint density at radius 2 is 2.00 bits per heavy atom. The number of allylic oxidation sites excluding steroid dienone is 6. The minimum absolute atomic E-state index is 0.0561. The zero-order valence-electron chi connectivity index (χ0n) is 14.8. The molecule has 0 radical (unpaired) electrons. The summed E-state index contributed by atoms with van der Waals surface area (Å²) in [6.07, 6.45) is 5.28. The van der Waals surface area contributed by atoms with Crippen molar-refractivity contribution in [3.63, 3.8) is 0 Å². The first-order valence-corrected chi connectivity index (χ1v) is 8.46. The van der Waals surface area contributed by atoms with Crippen molar-refractivity contribution in [1.82, 2.24) is 4.98 Å². The van der Waals surface area contributed by atoms with Crippen LogP contribution in [-0.2, 0) is 0 Å². The lowest BCUT2D eigenvalue weighted by Gasteiger charge is -2.04. The molecular weight excluding hydrogens is 332 g/mol. The second-order valence-electron chi connectivity index (χ2n) is 6.06. The van der Waals surface area contributed by atoms with Crippen LogP contribution in [0.25, 0.3) is 16.5 Å². The minimum atomic E-state index is -0.0561. The number of nitrogens with two attached hydrogens (primary N) is 1. The molecule has 4 heteroatoms. The number of nitrogens with one attached hydrogen (secondary N) is 1. The average molecular weight is 355 g/mol. The van der Waals surface area contributed by atoms with Crippen LogP contribution in [-0.4, -0.2) is 17.3 Å². The van der Waals surface area contributed by atoms with Crippen LogP contribution in [0.2, 0.25) is 0 Å². The SMILES string of the molecule is C=C/C=C\C(Cl)=C(/C)c1ccc2cc(C(=O)C(CN)=C(C)C)[nH]c2c1. The highest BCUT2D eigenvalue weighted by molar-refractivity contribution is 6.34. The van der Waals surface area contributed by atoms with E-state index in [1.54, 1.807) is 18.2 Å². The maximum Gasteiger partial charge on any atom is 0.206 e. The molecule has 2 rings (SSSR count). The van der Waals surface area contributed by atoms with Crippen LogP contribution >= 0.6 is 11.6 Å². The van der Waals surface area contributed by atoms with Gasteiger partial charge in [0.05, 0.1) is 5.69 Å². The number of hydrogen-bond acceptors (Lipinski definition) is 2. The standard InChI is InChI=1S/C21H23ClN2O/c1-5-6-7-18(22)14(4)15-8-9-16-11-20(24-19(16)10-15)21(25)17(12-23)13(2)3/h5-11,24H,1,12,23H2,2-4H3/b7-6-,18-14-. The van der Waals surface area contributed by atoms with Crippen LogP contribution in [0.3, 0.4) is 0 Å². The Kier molecular flexibility index (Phi) is 6.18. The molecule has 0 bridgehead atoms. The third kappa shape index (κ3) is 4.19. The van der Waals surface area contributed by atoms with Gasteiger partial charge in [-0.2, -0.15) is 0 Å². The van der Waals surface area contributed by atoms with E-state index in [2.05, 4.69) is 11.6 Å². The van der Waals surface area contributed by atoms with Gasteiger partial charge >= 0.3 is 0 Å². The van der Waals surface area contributed by atoms with Gasteiger partial charge in [-0.25, -0.2) is 0 Å². The summed E-state index contributed by atoms with van der Waals surface area (Å²) >= 11 is 6.31. The van der Waals surface area contributed by atoms with E-state index < -0.39 is 0 Å². The zero-order chi connectivity index (χ0) is 18.6. The molecular formula is C21H23ClN2O. The lowest BCUT2D eigenvalue weighted by molar-refractivity contribution is 0.102. The van der Waals surface area contributed by atoms with Crippen molar-refractivity contribution in [3.05, 3.63) is 76.5 Å². The molecule has 1 aromatic carbocycles. The number of aromatic amines is 1. The molecule has 0 amide bonds. The molecule has 3 nitrogen and oxygen atoms in total. The predicted molar refractivity (Wildman–Crippen MR) is 108 cm³/mol. The summed E-state index contributed by atoms with van der Waals surface area (Å²) in [6.45, 7) is 9.62. The van der Waals surface area contributed by atoms with Crippen LogP contribution < -0.4 is 5.73 Å². The van der Waals surface area contributed by atoms with Crippen molar-refractivity contribution in [3.8, 4) is 0 Å². The molecule has 0 saturated heterocycles. The van der Waals surface area contributed by atoms with Gasteiger partial charge in [-0.05, 0) is 50.1 Å². The summed E-state index contributed by atoms with van der Waals surface area (Å²) in [7, 11) is 0. The van der Waals surface area contributed by atoms with Gasteiger partial charge in [-0.3, -0.25) is 4.79 Å². The highest BCUT2D eigenvalue weighted by atomic mass is 35.5. The van der Waals surface area contributed by atoms with Gasteiger partial charge in [0, 0.05) is 28.1 Å². The van der Waals surface area contributed by atoms with Crippen LogP contribution in [0, 0.1) is 0 Å². The summed E-state index contributed by atoms with van der Waals surface area (Å²) in [4.78, 5) is 15.8. The fraction of sp³-hybridized carbons (Fsp3) is 0.190. The Bertz CT molecular complexity index is 909. The van der Waals surface area contributed by atoms with E-state index in [9.17, 15) is 4.79 Å². The number of hydrogen-bond donors (Lipinski definition) is 2. The van der Waals surface area contributed by atoms with E-state index >= 15 is 0 Å². The Morgan fingerprint density at radius 1 is 1.28 bits per heavy atom. The van der Waals surface area contributed by atoms with Crippen LogP contribution in [0.15, 0.2) is 65.3 Å². The lowest BCUT2D eigenvalue weighted by Crippen LogP contribution is -2.14. The van der Waals surface area contributed by atoms with E-state index in [0.717, 1.165) is 27.6 Å². The Balaban J connectivity index is 2.46. The topological polar surface area (TPSA) is 58.9 Å². The fourth-order valence-electron chi connectivity index (χ4n) is 2.58. The van der Waals surface area contributed by atoms with Crippen LogP contribution in [0.5, 0.6) is 0 Å². The molecule has 1 heterocycles. The molecule has 3 N–H and O–H groups in total. The number of ketones is 1. The van der Waals surface area contributed by atoms with Crippen LogP contribution in [0.4, 0.5) is 0 Å². The molecule has 0 aliphatic rings. The van der Waals surface area contributed by atoms with Gasteiger partial charge in [0.15, 0.2) is 0 Å². The number of rotatable bonds is 6. The number of carbonyl (C=O) groups is 1. The summed E-state index contributed by atoms with van der Waals surface area (Å²) < 4.78 is 0. The van der Waals surface area contributed by atoms with E-state index in [-0.39, 0.29) is 12.3 Å². The predicted octanol–water partition coefficient (Wildman–Crippen LogP) is 5.36. The highest BCUT2D eigenvalue weighted by Crippen LogP contribution is 2.26. The fourth-order valence-corrected chi connectivity index (χ4v) is 2.77. The summed E-state index contributed by atoms with van der Waals surface area (Å²) in [6, 6.07) is 7.83. The number of benzene rings is 1.